The number of hydrogen-bond donors (Lipinski definition) is 2. The first-order valence-corrected chi connectivity index (χ1v) is 37.4. The summed E-state index contributed by atoms with van der Waals surface area (Å²) < 4.78 is 38.7. The predicted molar refractivity (Wildman–Crippen MR) is 400 cm³/mol. The second-order valence-electron chi connectivity index (χ2n) is 37.2. The molecule has 6 atom stereocenters. The summed E-state index contributed by atoms with van der Waals surface area (Å²) in [4.78, 5) is 24.9. The first-order valence-electron chi connectivity index (χ1n) is 37.4. The molecule has 2 fully saturated rings. The Kier molecular flexibility index (Phi) is 6.19. The number of likely N-dealkylation sites (N-methyl/N-ethyl adjacent to an activating group) is 2. The van der Waals surface area contributed by atoms with Gasteiger partial charge in [0.15, 0.2) is 0 Å². The molecule has 0 radical (unpaired) electrons. The van der Waals surface area contributed by atoms with E-state index < -0.39 is 23.4 Å². The molecule has 2 aliphatic heterocycles. The topological polar surface area (TPSA) is 114 Å². The highest BCUT2D eigenvalue weighted by atomic mass is 16.6. The third-order valence-electron chi connectivity index (χ3n) is 31.5. The molecule has 0 saturated carbocycles. The van der Waals surface area contributed by atoms with E-state index in [9.17, 15) is 9.59 Å². The van der Waals surface area contributed by atoms with Gasteiger partial charge < -0.3 is 48.0 Å². The van der Waals surface area contributed by atoms with Crippen LogP contribution in [0.5, 0.6) is 0 Å². The largest absolute Gasteiger partial charge is 0.444 e. The van der Waals surface area contributed by atoms with Crippen LogP contribution in [0, 0.1) is 0 Å². The third-order valence-corrected chi connectivity index (χ3v) is 31.5. The molecule has 34 rings (SSSR count). The van der Waals surface area contributed by atoms with Crippen molar-refractivity contribution in [2.45, 2.75) is 74.4 Å². The number of ether oxygens (including phenoxy) is 6. The summed E-state index contributed by atoms with van der Waals surface area (Å²) in [5.74, 6) is 0. The van der Waals surface area contributed by atoms with Crippen molar-refractivity contribution in [1.82, 2.24) is 10.6 Å². The van der Waals surface area contributed by atoms with E-state index in [1.165, 1.54) is 0 Å². The zero-order valence-electron chi connectivity index (χ0n) is 56.5. The molecule has 2 heterocycles. The molecule has 476 valence electrons. The average Bonchev–Trinajstić information content (AvgIpc) is 1.37. The second-order valence-corrected chi connectivity index (χ2v) is 37.2. The SMILES string of the molecule is CC(C)(C)OC(=O)NCCOCCOCC[N+]1(C)CC23c4c5c6c7c8c9c%10c%11c%12c%13c%14c%15c(c6c6c4c4c%16c%17c%18c(c%19c%20c2c5c8c2c%20c5c%19c8c%18c%18c%19c%17c%17c4c6c%15c4c%14c6c%12c%12c%14c%11c(c92)c5c%14c8c%18c%12c6c%19c4%17)C%163C1)C71C[N+](C)(CCOCCOCCNC(=O)OC(C)(C)C)CC%10%131. The summed E-state index contributed by atoms with van der Waals surface area (Å²) in [6.45, 7) is 22.2. The molecule has 2 amide bonds. The first-order chi connectivity index (χ1) is 48.5. The molecule has 2 saturated heterocycles. The summed E-state index contributed by atoms with van der Waals surface area (Å²) in [7, 11) is 5.34. The Morgan fingerprint density at radius 2 is 0.430 bits per heavy atom. The summed E-state index contributed by atoms with van der Waals surface area (Å²) >= 11 is 0. The highest BCUT2D eigenvalue weighted by Crippen LogP contribution is 2.88. The fourth-order valence-electron chi connectivity index (χ4n) is 30.8. The van der Waals surface area contributed by atoms with Crippen molar-refractivity contribution >= 4 is 271 Å². The van der Waals surface area contributed by atoms with Gasteiger partial charge in [0.2, 0.25) is 0 Å². The van der Waals surface area contributed by atoms with Gasteiger partial charge in [0.25, 0.3) is 0 Å². The molecule has 8 aliphatic carbocycles. The van der Waals surface area contributed by atoms with Gasteiger partial charge >= 0.3 is 12.2 Å². The van der Waals surface area contributed by atoms with Gasteiger partial charge in [-0.15, -0.1) is 0 Å². The van der Waals surface area contributed by atoms with Crippen LogP contribution in [0.25, 0.3) is 259 Å². The lowest BCUT2D eigenvalue weighted by atomic mass is 9.50. The van der Waals surface area contributed by atoms with Crippen molar-refractivity contribution in [3.05, 3.63) is 44.5 Å². The number of rotatable bonds is 18. The number of hydrogen-bond acceptors (Lipinski definition) is 8. The van der Waals surface area contributed by atoms with Crippen LogP contribution < -0.4 is 10.6 Å². The van der Waals surface area contributed by atoms with Crippen LogP contribution in [-0.2, 0) is 50.1 Å². The van der Waals surface area contributed by atoms with E-state index in [1.54, 1.807) is 303 Å². The molecule has 100 heavy (non-hydrogen) atoms. The van der Waals surface area contributed by atoms with Gasteiger partial charge in [0, 0.05) is 13.1 Å². The molecular weight excluding hydrogens is 1240 g/mol. The fraction of sp³-hybridized carbons (Fsp3) is 0.341. The standard InChI is InChI=1S/C88H56N4O8/c1-83(2,3)99-81(93)89-9-13-95-17-19-97-15-11-91(7)21-85-73-57-45-33-25-26-30-27-31-39-47(35(27)33)59(57)75(85)65-53(39)44-52-42(31)50-38(30)46-34(26)36-28-29(25)37(45)49-41-32(28)40-48(36)60-58(46)74-62(50)64(52)78-70-55(44)67(65)79-71-69-56-43(51(41)63(61(49)73)77(69)87(79,85)23-91)54(40)66-68(56)80(72(70)71)88(78)24-92(8,22-86(74,88)76(60)66)12-16-98-20-18-96-14-10-90-82(94)100-84(4,5)6/h9-24H2,1-8H3/p+2. The Balaban J connectivity index is 0.692. The lowest BCUT2D eigenvalue weighted by Gasteiger charge is -2.47. The number of carbonyl (C=O) groups is 2. The van der Waals surface area contributed by atoms with Gasteiger partial charge in [-0.3, -0.25) is 0 Å². The van der Waals surface area contributed by atoms with E-state index in [0.29, 0.717) is 65.9 Å². The molecule has 10 aliphatic rings. The van der Waals surface area contributed by atoms with Crippen molar-refractivity contribution in [2.75, 3.05) is 119 Å². The lowest BCUT2D eigenvalue weighted by molar-refractivity contribution is -0.900. The zero-order valence-corrected chi connectivity index (χ0v) is 56.5. The maximum absolute atomic E-state index is 12.5. The molecule has 2 N–H and O–H groups in total. The van der Waals surface area contributed by atoms with Crippen molar-refractivity contribution in [2.24, 2.45) is 0 Å². The van der Waals surface area contributed by atoms with E-state index in [1.807, 2.05) is 41.5 Å². The normalized spacial score (nSPS) is 26.4. The minimum absolute atomic E-state index is 0.306. The number of nitrogens with zero attached hydrogens (tertiary/aromatic N) is 2. The Hall–Kier alpha value is -8.98. The number of amides is 2. The molecule has 4 spiro atoms. The van der Waals surface area contributed by atoms with E-state index in [4.69, 9.17) is 28.4 Å². The number of carbonyl (C=O) groups excluding carboxylic acids is 2. The quantitative estimate of drug-likeness (QED) is 0.0496. The smallest absolute Gasteiger partial charge is 0.407 e. The van der Waals surface area contributed by atoms with E-state index in [-0.39, 0.29) is 21.7 Å². The van der Waals surface area contributed by atoms with Crippen molar-refractivity contribution in [3.63, 3.8) is 0 Å². The summed E-state index contributed by atoms with van der Waals surface area (Å²) in [6.07, 6.45) is -0.830. The van der Waals surface area contributed by atoms with Gasteiger partial charge in [-0.2, -0.15) is 0 Å². The van der Waals surface area contributed by atoms with E-state index >= 15 is 0 Å². The third kappa shape index (κ3) is 3.61. The number of nitrogens with one attached hydrogen (secondary N) is 2. The monoisotopic (exact) mass is 1300 g/mol. The molecule has 24 aromatic rings. The van der Waals surface area contributed by atoms with Crippen LogP contribution >= 0.6 is 0 Å². The van der Waals surface area contributed by atoms with Crippen LogP contribution in [0.1, 0.15) is 86.1 Å². The highest BCUT2D eigenvalue weighted by molar-refractivity contribution is 6.78. The molecule has 24 aromatic carbocycles. The maximum Gasteiger partial charge on any atom is 0.407 e. The van der Waals surface area contributed by atoms with Crippen LogP contribution in [0.4, 0.5) is 9.59 Å². The number of benzene rings is 16. The molecule has 0 bridgehead atoms. The van der Waals surface area contributed by atoms with Gasteiger partial charge in [0.1, 0.15) is 24.3 Å². The Bertz CT molecular complexity index is 7740. The second kappa shape index (κ2) is 12.7. The average molecular weight is 1300 g/mol. The van der Waals surface area contributed by atoms with Gasteiger partial charge in [-0.1, -0.05) is 0 Å². The van der Waals surface area contributed by atoms with Gasteiger partial charge in [0.05, 0.1) is 115 Å². The van der Waals surface area contributed by atoms with E-state index in [2.05, 4.69) is 24.7 Å². The maximum atomic E-state index is 12.5. The zero-order chi connectivity index (χ0) is 64.5. The Morgan fingerprint density at radius 1 is 0.270 bits per heavy atom. The summed E-state index contributed by atoms with van der Waals surface area (Å²) in [5, 5.41) is 85.1. The van der Waals surface area contributed by atoms with Crippen molar-refractivity contribution < 1.29 is 47.0 Å². The Labute approximate surface area is 563 Å². The van der Waals surface area contributed by atoms with E-state index in [0.717, 1.165) is 48.2 Å². The fourth-order valence-corrected chi connectivity index (χ4v) is 30.8. The molecular formula is C88H58N4O8+2. The minimum Gasteiger partial charge on any atom is -0.444 e. The van der Waals surface area contributed by atoms with Crippen LogP contribution in [0.15, 0.2) is 0 Å². The van der Waals surface area contributed by atoms with Gasteiger partial charge in [-0.25, -0.2) is 9.59 Å². The van der Waals surface area contributed by atoms with Crippen LogP contribution in [0.2, 0.25) is 0 Å². The minimum atomic E-state index is -0.550. The Morgan fingerprint density at radius 3 is 0.620 bits per heavy atom. The van der Waals surface area contributed by atoms with Crippen LogP contribution in [-0.4, -0.2) is 152 Å². The van der Waals surface area contributed by atoms with Crippen LogP contribution in [0.3, 0.4) is 0 Å². The highest BCUT2D eigenvalue weighted by Gasteiger charge is 2.80. The molecule has 12 nitrogen and oxygen atoms in total. The predicted octanol–water partition coefficient (Wildman–Crippen LogP) is 16.9. The van der Waals surface area contributed by atoms with Gasteiger partial charge in [-0.05, 0) is 345 Å². The molecule has 6 unspecified atom stereocenters. The van der Waals surface area contributed by atoms with Crippen molar-refractivity contribution in [3.8, 4) is 0 Å². The lowest BCUT2D eigenvalue weighted by Crippen LogP contribution is -2.51. The molecule has 0 aromatic heterocycles. The summed E-state index contributed by atoms with van der Waals surface area (Å²) in [5.41, 5.74) is 11.7. The number of likely N-dealkylation sites (tertiary alicyclic amines) is 2. The first kappa shape index (κ1) is 48.7. The number of alkyl carbamates (subject to hydrolysis) is 2. The number of quaternary nitrogens is 2. The molecule has 12 heteroatoms. The summed E-state index contributed by atoms with van der Waals surface area (Å²) in [6, 6.07) is 0. The van der Waals surface area contributed by atoms with Crippen molar-refractivity contribution in [1.29, 1.82) is 0 Å².